The zero-order valence-electron chi connectivity index (χ0n) is 15.4. The molecule has 0 unspecified atom stereocenters. The molecule has 0 bridgehead atoms. The zero-order valence-corrected chi connectivity index (χ0v) is 15.4. The van der Waals surface area contributed by atoms with Crippen LogP contribution in [-0.4, -0.2) is 70.9 Å². The van der Waals surface area contributed by atoms with Crippen LogP contribution in [0.4, 0.5) is 5.95 Å². The summed E-state index contributed by atoms with van der Waals surface area (Å²) in [5, 5.41) is 0. The second-order valence-corrected chi connectivity index (χ2v) is 6.93. The second-order valence-electron chi connectivity index (χ2n) is 6.93. The van der Waals surface area contributed by atoms with Gasteiger partial charge in [0.25, 0.3) is 0 Å². The lowest BCUT2D eigenvalue weighted by Gasteiger charge is -2.38. The van der Waals surface area contributed by atoms with Gasteiger partial charge in [0, 0.05) is 57.1 Å². The van der Waals surface area contributed by atoms with Crippen molar-refractivity contribution in [2.75, 3.05) is 44.2 Å². The summed E-state index contributed by atoms with van der Waals surface area (Å²) in [7, 11) is 0. The summed E-state index contributed by atoms with van der Waals surface area (Å²) in [6.45, 7) is 10.0. The van der Waals surface area contributed by atoms with Crippen molar-refractivity contribution >= 4 is 17.8 Å². The quantitative estimate of drug-likeness (QED) is 0.817. The number of anilines is 1. The van der Waals surface area contributed by atoms with Gasteiger partial charge in [-0.15, -0.1) is 0 Å². The normalized spacial score (nSPS) is 21.6. The van der Waals surface area contributed by atoms with Crippen molar-refractivity contribution in [3.05, 3.63) is 17.5 Å². The van der Waals surface area contributed by atoms with E-state index in [0.717, 1.165) is 30.4 Å². The summed E-state index contributed by atoms with van der Waals surface area (Å²) in [6.07, 6.45) is 1.16. The Morgan fingerprint density at radius 2 is 1.80 bits per heavy atom. The molecule has 2 amide bonds. The third kappa shape index (κ3) is 3.91. The first-order valence-electron chi connectivity index (χ1n) is 9.11. The van der Waals surface area contributed by atoms with Crippen molar-refractivity contribution in [3.63, 3.8) is 0 Å². The van der Waals surface area contributed by atoms with Gasteiger partial charge < -0.3 is 14.7 Å². The summed E-state index contributed by atoms with van der Waals surface area (Å²) >= 11 is 0. The molecule has 2 aliphatic heterocycles. The molecule has 2 fully saturated rings. The molecule has 0 aromatic carbocycles. The lowest BCUT2D eigenvalue weighted by molar-refractivity contribution is -0.143. The number of aryl methyl sites for hydroxylation is 2. The van der Waals surface area contributed by atoms with Gasteiger partial charge in [0.2, 0.25) is 17.8 Å². The molecule has 0 saturated carbocycles. The fourth-order valence-corrected chi connectivity index (χ4v) is 3.66. The van der Waals surface area contributed by atoms with Gasteiger partial charge in [-0.2, -0.15) is 0 Å². The van der Waals surface area contributed by atoms with E-state index in [1.54, 1.807) is 4.90 Å². The number of nitrogens with zero attached hydrogens (tertiary/aromatic N) is 5. The molecule has 3 heterocycles. The van der Waals surface area contributed by atoms with Crippen LogP contribution >= 0.6 is 0 Å². The molecule has 7 heteroatoms. The Hall–Kier alpha value is -2.18. The number of piperazine rings is 1. The van der Waals surface area contributed by atoms with E-state index in [1.165, 1.54) is 0 Å². The van der Waals surface area contributed by atoms with Crippen LogP contribution < -0.4 is 4.90 Å². The number of likely N-dealkylation sites (tertiary alicyclic amines) is 1. The number of rotatable bonds is 3. The van der Waals surface area contributed by atoms with E-state index in [-0.39, 0.29) is 17.7 Å². The predicted molar refractivity (Wildman–Crippen MR) is 95.3 cm³/mol. The molecule has 136 valence electrons. The molecule has 3 rings (SSSR count). The van der Waals surface area contributed by atoms with Crippen LogP contribution in [0.1, 0.15) is 31.2 Å². The number of carbonyl (C=O) groups is 2. The summed E-state index contributed by atoms with van der Waals surface area (Å²) in [6, 6.07) is 1.97. The molecular formula is C18H27N5O2. The molecule has 1 aromatic heterocycles. The Morgan fingerprint density at radius 1 is 1.16 bits per heavy atom. The minimum atomic E-state index is -0.0540. The first-order chi connectivity index (χ1) is 12.0. The average Bonchev–Trinajstić information content (AvgIpc) is 2.61. The van der Waals surface area contributed by atoms with E-state index in [4.69, 9.17) is 0 Å². The molecule has 0 aliphatic carbocycles. The van der Waals surface area contributed by atoms with Crippen LogP contribution in [0.15, 0.2) is 6.07 Å². The number of piperidine rings is 1. The van der Waals surface area contributed by atoms with Crippen LogP contribution in [0.5, 0.6) is 0 Å². The molecular weight excluding hydrogens is 318 g/mol. The predicted octanol–water partition coefficient (Wildman–Crippen LogP) is 1.00. The van der Waals surface area contributed by atoms with Gasteiger partial charge in [-0.1, -0.05) is 0 Å². The molecule has 25 heavy (non-hydrogen) atoms. The van der Waals surface area contributed by atoms with E-state index in [9.17, 15) is 9.59 Å². The minimum absolute atomic E-state index is 0.0540. The molecule has 0 radical (unpaired) electrons. The van der Waals surface area contributed by atoms with Gasteiger partial charge in [-0.05, 0) is 33.3 Å². The fraction of sp³-hybridized carbons (Fsp3) is 0.667. The highest BCUT2D eigenvalue weighted by atomic mass is 16.2. The molecule has 0 N–H and O–H groups in total. The molecule has 1 aromatic rings. The third-order valence-corrected chi connectivity index (χ3v) is 5.08. The number of hydrogen-bond acceptors (Lipinski definition) is 5. The highest BCUT2D eigenvalue weighted by Crippen LogP contribution is 2.21. The zero-order chi connectivity index (χ0) is 18.0. The molecule has 2 saturated heterocycles. The first-order valence-corrected chi connectivity index (χ1v) is 9.11. The SMILES string of the molecule is CCN1C[C@@H](C(=O)N2CCN(c3nc(C)cc(C)n3)CC2)CCC1=O. The topological polar surface area (TPSA) is 69.6 Å². The van der Waals surface area contributed by atoms with Crippen molar-refractivity contribution in [1.82, 2.24) is 19.8 Å². The van der Waals surface area contributed by atoms with Crippen molar-refractivity contribution in [2.45, 2.75) is 33.6 Å². The lowest BCUT2D eigenvalue weighted by Crippen LogP contribution is -2.53. The highest BCUT2D eigenvalue weighted by Gasteiger charge is 2.33. The maximum atomic E-state index is 12.8. The van der Waals surface area contributed by atoms with E-state index < -0.39 is 0 Å². The molecule has 1 atom stereocenters. The minimum Gasteiger partial charge on any atom is -0.342 e. The van der Waals surface area contributed by atoms with Crippen molar-refractivity contribution in [3.8, 4) is 0 Å². The Labute approximate surface area is 149 Å². The largest absolute Gasteiger partial charge is 0.342 e. The standard InChI is InChI=1S/C18H27N5O2/c1-4-21-12-15(5-6-16(21)24)17(25)22-7-9-23(10-8-22)18-19-13(2)11-14(3)20-18/h11,15H,4-10,12H2,1-3H3/t15-/m0/s1. The van der Waals surface area contributed by atoms with E-state index in [2.05, 4.69) is 14.9 Å². The van der Waals surface area contributed by atoms with Crippen LogP contribution in [0.25, 0.3) is 0 Å². The lowest BCUT2D eigenvalue weighted by atomic mass is 9.95. The molecule has 7 nitrogen and oxygen atoms in total. The average molecular weight is 345 g/mol. The van der Waals surface area contributed by atoms with Gasteiger partial charge in [0.1, 0.15) is 0 Å². The maximum absolute atomic E-state index is 12.8. The summed E-state index contributed by atoms with van der Waals surface area (Å²) in [4.78, 5) is 39.5. The van der Waals surface area contributed by atoms with Gasteiger partial charge in [0.15, 0.2) is 0 Å². The van der Waals surface area contributed by atoms with Gasteiger partial charge >= 0.3 is 0 Å². The third-order valence-electron chi connectivity index (χ3n) is 5.08. The Kier molecular flexibility index (Phi) is 5.20. The fourth-order valence-electron chi connectivity index (χ4n) is 3.66. The maximum Gasteiger partial charge on any atom is 0.227 e. The van der Waals surface area contributed by atoms with Crippen LogP contribution in [0.3, 0.4) is 0 Å². The van der Waals surface area contributed by atoms with E-state index in [1.807, 2.05) is 31.7 Å². The Balaban J connectivity index is 1.58. The van der Waals surface area contributed by atoms with Gasteiger partial charge in [-0.3, -0.25) is 9.59 Å². The summed E-state index contributed by atoms with van der Waals surface area (Å²) in [5.41, 5.74) is 1.93. The second kappa shape index (κ2) is 7.37. The number of carbonyl (C=O) groups excluding carboxylic acids is 2. The number of hydrogen-bond donors (Lipinski definition) is 0. The van der Waals surface area contributed by atoms with Gasteiger partial charge in [-0.25, -0.2) is 9.97 Å². The monoisotopic (exact) mass is 345 g/mol. The number of aromatic nitrogens is 2. The number of amides is 2. The van der Waals surface area contributed by atoms with Gasteiger partial charge in [0.05, 0.1) is 5.92 Å². The summed E-state index contributed by atoms with van der Waals surface area (Å²) in [5.74, 6) is 1.06. The highest BCUT2D eigenvalue weighted by molar-refractivity contribution is 5.84. The first kappa shape index (κ1) is 17.6. The van der Waals surface area contributed by atoms with Crippen molar-refractivity contribution in [1.29, 1.82) is 0 Å². The van der Waals surface area contributed by atoms with Crippen LogP contribution in [-0.2, 0) is 9.59 Å². The Bertz CT molecular complexity index is 635. The summed E-state index contributed by atoms with van der Waals surface area (Å²) < 4.78 is 0. The van der Waals surface area contributed by atoms with Crippen LogP contribution in [0.2, 0.25) is 0 Å². The van der Waals surface area contributed by atoms with E-state index in [0.29, 0.717) is 39.0 Å². The Morgan fingerprint density at radius 3 is 2.40 bits per heavy atom. The molecule has 0 spiro atoms. The van der Waals surface area contributed by atoms with Crippen molar-refractivity contribution in [2.24, 2.45) is 5.92 Å². The van der Waals surface area contributed by atoms with Crippen LogP contribution in [0, 0.1) is 19.8 Å². The van der Waals surface area contributed by atoms with Crippen molar-refractivity contribution < 1.29 is 9.59 Å². The molecule has 2 aliphatic rings. The van der Waals surface area contributed by atoms with E-state index >= 15 is 0 Å². The smallest absolute Gasteiger partial charge is 0.227 e.